The van der Waals surface area contributed by atoms with Gasteiger partial charge < -0.3 is 14.6 Å². The molecule has 1 spiro atoms. The molecule has 4 heterocycles. The van der Waals surface area contributed by atoms with E-state index in [1.54, 1.807) is 30.3 Å². The van der Waals surface area contributed by atoms with Gasteiger partial charge in [0.25, 0.3) is 11.8 Å². The van der Waals surface area contributed by atoms with E-state index < -0.39 is 11.4 Å². The van der Waals surface area contributed by atoms with Crippen LogP contribution in [0, 0.1) is 13.8 Å². The van der Waals surface area contributed by atoms with Crippen LogP contribution in [0.5, 0.6) is 5.88 Å². The van der Waals surface area contributed by atoms with Crippen molar-refractivity contribution in [2.24, 2.45) is 0 Å². The lowest BCUT2D eigenvalue weighted by atomic mass is 9.86. The molecule has 41 heavy (non-hydrogen) atoms. The summed E-state index contributed by atoms with van der Waals surface area (Å²) in [6, 6.07) is 10.9. The van der Waals surface area contributed by atoms with E-state index in [0.29, 0.717) is 50.7 Å². The number of hydrogen-bond donors (Lipinski definition) is 1. The zero-order valence-electron chi connectivity index (χ0n) is 24.0. The fourth-order valence-electron chi connectivity index (χ4n) is 5.93. The topological polar surface area (TPSA) is 102 Å². The highest BCUT2D eigenvalue weighted by atomic mass is 35.5. The summed E-state index contributed by atoms with van der Waals surface area (Å²) in [7, 11) is 1.55. The number of amides is 2. The summed E-state index contributed by atoms with van der Waals surface area (Å²) < 4.78 is 7.63. The molecule has 1 unspecified atom stereocenters. The van der Waals surface area contributed by atoms with Crippen molar-refractivity contribution < 1.29 is 14.3 Å². The first-order valence-corrected chi connectivity index (χ1v) is 14.0. The maximum atomic E-state index is 14.5. The quantitative estimate of drug-likeness (QED) is 0.307. The molecule has 0 fully saturated rings. The minimum Gasteiger partial charge on any atom is -0.480 e. The smallest absolute Gasteiger partial charge is 0.280 e. The van der Waals surface area contributed by atoms with Crippen molar-refractivity contribution in [3.63, 3.8) is 0 Å². The van der Waals surface area contributed by atoms with Gasteiger partial charge in [0, 0.05) is 34.4 Å². The number of benzene rings is 2. The number of fused-ring (bicyclic) bond motifs is 4. The van der Waals surface area contributed by atoms with Gasteiger partial charge >= 0.3 is 0 Å². The van der Waals surface area contributed by atoms with Crippen molar-refractivity contribution >= 4 is 34.8 Å². The normalized spacial score (nSPS) is 17.6. The fraction of sp³-hybridized carbons (Fsp3) is 0.323. The average molecular weight is 571 g/mol. The Morgan fingerprint density at radius 1 is 1.02 bits per heavy atom. The van der Waals surface area contributed by atoms with Crippen LogP contribution in [-0.2, 0) is 10.3 Å². The van der Waals surface area contributed by atoms with Crippen LogP contribution in [0.15, 0.2) is 42.6 Å². The number of aromatic nitrogens is 4. The van der Waals surface area contributed by atoms with E-state index >= 15 is 0 Å². The van der Waals surface area contributed by atoms with Gasteiger partial charge in [0.05, 0.1) is 24.1 Å². The van der Waals surface area contributed by atoms with Crippen LogP contribution in [0.25, 0.3) is 11.4 Å². The molecule has 10 heteroatoms. The van der Waals surface area contributed by atoms with Crippen LogP contribution in [0.3, 0.4) is 0 Å². The van der Waals surface area contributed by atoms with Crippen LogP contribution >= 0.6 is 11.6 Å². The number of carbonyl (C=O) groups is 2. The van der Waals surface area contributed by atoms with Crippen LogP contribution in [0.4, 0.5) is 11.4 Å². The van der Waals surface area contributed by atoms with Crippen molar-refractivity contribution in [1.82, 2.24) is 19.5 Å². The molecule has 2 aliphatic heterocycles. The Labute approximate surface area is 243 Å². The average Bonchev–Trinajstić information content (AvgIpc) is 3.53. The molecule has 0 radical (unpaired) electrons. The first kappa shape index (κ1) is 27.0. The molecule has 2 aromatic carbocycles. The lowest BCUT2D eigenvalue weighted by Crippen LogP contribution is -2.51. The number of rotatable bonds is 5. The van der Waals surface area contributed by atoms with Gasteiger partial charge in [0.1, 0.15) is 11.6 Å². The van der Waals surface area contributed by atoms with Crippen LogP contribution in [0.1, 0.15) is 78.4 Å². The van der Waals surface area contributed by atoms with Crippen molar-refractivity contribution in [2.45, 2.75) is 59.0 Å². The molecule has 1 N–H and O–H groups in total. The molecule has 1 atom stereocenters. The van der Waals surface area contributed by atoms with E-state index in [-0.39, 0.29) is 23.6 Å². The predicted molar refractivity (Wildman–Crippen MR) is 158 cm³/mol. The largest absolute Gasteiger partial charge is 0.480 e. The second kappa shape index (κ2) is 9.41. The van der Waals surface area contributed by atoms with Gasteiger partial charge in [0.2, 0.25) is 5.88 Å². The Balaban J connectivity index is 1.72. The number of halogens is 1. The van der Waals surface area contributed by atoms with Crippen molar-refractivity contribution in [3.05, 3.63) is 81.5 Å². The van der Waals surface area contributed by atoms with E-state index in [1.807, 2.05) is 70.4 Å². The summed E-state index contributed by atoms with van der Waals surface area (Å²) in [5.41, 5.74) is 3.35. The summed E-state index contributed by atoms with van der Waals surface area (Å²) in [5.74, 6) is 0.806. The summed E-state index contributed by atoms with van der Waals surface area (Å²) in [6.45, 7) is 11.9. The number of nitrogens with zero attached hydrogens (tertiary/aromatic N) is 5. The van der Waals surface area contributed by atoms with Gasteiger partial charge in [-0.3, -0.25) is 14.5 Å². The highest BCUT2D eigenvalue weighted by Gasteiger charge is 2.64. The Bertz CT molecular complexity index is 1760. The van der Waals surface area contributed by atoms with E-state index in [1.165, 1.54) is 0 Å². The lowest BCUT2D eigenvalue weighted by Gasteiger charge is -2.36. The summed E-state index contributed by atoms with van der Waals surface area (Å²) in [4.78, 5) is 44.6. The molecule has 2 aromatic heterocycles. The monoisotopic (exact) mass is 570 g/mol. The number of aryl methyl sites for hydroxylation is 2. The Morgan fingerprint density at radius 3 is 2.46 bits per heavy atom. The predicted octanol–water partition coefficient (Wildman–Crippen LogP) is 6.18. The maximum Gasteiger partial charge on any atom is 0.280 e. The number of methoxy groups -OCH3 is 1. The third kappa shape index (κ3) is 3.71. The Kier molecular flexibility index (Phi) is 6.19. The molecule has 6 rings (SSSR count). The van der Waals surface area contributed by atoms with Crippen LogP contribution in [0.2, 0.25) is 5.02 Å². The van der Waals surface area contributed by atoms with Gasteiger partial charge in [0.15, 0.2) is 11.2 Å². The first-order valence-electron chi connectivity index (χ1n) is 13.6. The third-order valence-corrected chi connectivity index (χ3v) is 8.02. The molecule has 9 nitrogen and oxygen atoms in total. The summed E-state index contributed by atoms with van der Waals surface area (Å²) in [6.07, 6.45) is 1.68. The maximum absolute atomic E-state index is 14.5. The van der Waals surface area contributed by atoms with E-state index in [2.05, 4.69) is 15.3 Å². The molecule has 0 saturated carbocycles. The number of ether oxygens (including phenoxy) is 1. The minimum atomic E-state index is -1.52. The molecule has 0 aliphatic carbocycles. The number of carbonyl (C=O) groups excluding carboxylic acids is 2. The van der Waals surface area contributed by atoms with E-state index in [0.717, 1.165) is 11.1 Å². The number of nitrogens with one attached hydrogen (secondary N) is 1. The molecule has 210 valence electrons. The Hall–Kier alpha value is -4.24. The van der Waals surface area contributed by atoms with Crippen LogP contribution < -0.4 is 15.0 Å². The SMILES string of the molecule is COc1nc(C(C)C)ncc1-c1nc2c(n1C(C)C)C1(C(=O)Nc3cc(C)ccc31)N(c1cc(Cl)ccc1C)C2=O. The van der Waals surface area contributed by atoms with E-state index in [4.69, 9.17) is 21.3 Å². The zero-order chi connectivity index (χ0) is 29.4. The molecular formula is C31H31ClN6O3. The van der Waals surface area contributed by atoms with Crippen LogP contribution in [-0.4, -0.2) is 38.4 Å². The summed E-state index contributed by atoms with van der Waals surface area (Å²) >= 11 is 6.45. The molecule has 0 bridgehead atoms. The zero-order valence-corrected chi connectivity index (χ0v) is 24.8. The molecule has 2 aliphatic rings. The highest BCUT2D eigenvalue weighted by molar-refractivity contribution is 6.31. The fourth-order valence-corrected chi connectivity index (χ4v) is 6.10. The van der Waals surface area contributed by atoms with Gasteiger partial charge in [-0.1, -0.05) is 43.6 Å². The van der Waals surface area contributed by atoms with Crippen molar-refractivity contribution in [2.75, 3.05) is 17.3 Å². The second-order valence-electron chi connectivity index (χ2n) is 11.2. The molecular weight excluding hydrogens is 540 g/mol. The molecule has 4 aromatic rings. The van der Waals surface area contributed by atoms with Gasteiger partial charge in [-0.25, -0.2) is 9.97 Å². The third-order valence-electron chi connectivity index (χ3n) is 7.79. The molecule has 2 amide bonds. The second-order valence-corrected chi connectivity index (χ2v) is 11.6. The standard InChI is InChI=1S/C31H31ClN6O3/c1-15(2)26-33-14-20(28(36-26)41-7)27-35-24-25(37(27)16(3)4)31(21-11-8-17(5)12-22(21)34-30(31)40)38(29(24)39)23-13-19(32)10-9-18(23)6/h8-16H,1-7H3,(H,34,40). The lowest BCUT2D eigenvalue weighted by molar-refractivity contribution is -0.119. The number of hydrogen-bond acceptors (Lipinski definition) is 6. The van der Waals surface area contributed by atoms with Gasteiger partial charge in [-0.2, -0.15) is 4.98 Å². The minimum absolute atomic E-state index is 0.0919. The van der Waals surface area contributed by atoms with Crippen molar-refractivity contribution in [1.29, 1.82) is 0 Å². The molecule has 0 saturated heterocycles. The first-order chi connectivity index (χ1) is 19.5. The van der Waals surface area contributed by atoms with Gasteiger partial charge in [-0.15, -0.1) is 0 Å². The Morgan fingerprint density at radius 2 is 1.78 bits per heavy atom. The highest BCUT2D eigenvalue weighted by Crippen LogP contribution is 2.55. The summed E-state index contributed by atoms with van der Waals surface area (Å²) in [5, 5.41) is 3.53. The number of imidazole rings is 1. The number of anilines is 2. The van der Waals surface area contributed by atoms with Gasteiger partial charge in [-0.05, 0) is 57.0 Å². The van der Waals surface area contributed by atoms with E-state index in [9.17, 15) is 9.59 Å². The van der Waals surface area contributed by atoms with Crippen molar-refractivity contribution in [3.8, 4) is 17.3 Å².